The number of nitrogens with one attached hydrogen (secondary N) is 1. The third-order valence-corrected chi connectivity index (χ3v) is 3.41. The van der Waals surface area contributed by atoms with E-state index in [0.717, 1.165) is 16.9 Å². The lowest BCUT2D eigenvalue weighted by Crippen LogP contribution is -2.38. The van der Waals surface area contributed by atoms with E-state index in [1.54, 1.807) is 10.7 Å². The van der Waals surface area contributed by atoms with Crippen LogP contribution in [0.15, 0.2) is 30.3 Å². The molecule has 0 fully saturated rings. The van der Waals surface area contributed by atoms with Gasteiger partial charge >= 0.3 is 5.97 Å². The minimum absolute atomic E-state index is 0.124. The molecule has 0 aliphatic carbocycles. The minimum Gasteiger partial charge on any atom is -0.479 e. The maximum Gasteiger partial charge on any atom is 0.334 e. The number of aromatic nitrogens is 2. The Labute approximate surface area is 133 Å². The third-order valence-electron chi connectivity index (χ3n) is 3.41. The highest BCUT2D eigenvalue weighted by Gasteiger charge is 2.19. The number of rotatable bonds is 6. The maximum atomic E-state index is 12.1. The first-order valence-corrected chi connectivity index (χ1v) is 7.10. The molecule has 0 aliphatic rings. The summed E-state index contributed by atoms with van der Waals surface area (Å²) in [5, 5.41) is 15.7. The number of amides is 1. The molecule has 0 aliphatic heterocycles. The Morgan fingerprint density at radius 3 is 2.52 bits per heavy atom. The molecule has 1 atom stereocenters. The number of nitrogens with zero attached hydrogens (tertiary/aromatic N) is 2. The van der Waals surface area contributed by atoms with E-state index in [2.05, 4.69) is 10.4 Å². The van der Waals surface area contributed by atoms with Crippen LogP contribution in [-0.4, -0.2) is 46.5 Å². The molecule has 122 valence electrons. The number of hydrogen-bond acceptors (Lipinski definition) is 4. The standard InChI is InChI=1S/C16H19N3O4/c1-10-4-6-12(7-5-10)19-11(2)8-13(18-19)15(20)17-9-14(23-3)16(21)22/h4-8,14H,9H2,1-3H3,(H,17,20)(H,21,22). The molecule has 2 aromatic rings. The molecule has 0 saturated carbocycles. The molecule has 1 aromatic carbocycles. The molecule has 0 saturated heterocycles. The molecule has 1 unspecified atom stereocenters. The van der Waals surface area contributed by atoms with E-state index < -0.39 is 18.0 Å². The molecule has 0 radical (unpaired) electrons. The highest BCUT2D eigenvalue weighted by Crippen LogP contribution is 2.13. The first-order valence-electron chi connectivity index (χ1n) is 7.10. The van der Waals surface area contributed by atoms with E-state index in [4.69, 9.17) is 9.84 Å². The fourth-order valence-corrected chi connectivity index (χ4v) is 2.08. The number of benzene rings is 1. The van der Waals surface area contributed by atoms with Crippen molar-refractivity contribution in [1.82, 2.24) is 15.1 Å². The quantitative estimate of drug-likeness (QED) is 0.838. The summed E-state index contributed by atoms with van der Waals surface area (Å²) in [6, 6.07) is 9.42. The van der Waals surface area contributed by atoms with Gasteiger partial charge in [0.1, 0.15) is 0 Å². The topological polar surface area (TPSA) is 93.5 Å². The lowest BCUT2D eigenvalue weighted by molar-refractivity contribution is -0.148. The van der Waals surface area contributed by atoms with Gasteiger partial charge in [0.2, 0.25) is 0 Å². The van der Waals surface area contributed by atoms with Gasteiger partial charge in [0.25, 0.3) is 5.91 Å². The predicted octanol–water partition coefficient (Wildman–Crippen LogP) is 1.32. The Kier molecular flexibility index (Phi) is 5.13. The van der Waals surface area contributed by atoms with E-state index in [0.29, 0.717) is 0 Å². The number of hydrogen-bond donors (Lipinski definition) is 2. The van der Waals surface area contributed by atoms with Crippen LogP contribution >= 0.6 is 0 Å². The average molecular weight is 317 g/mol. The molecule has 0 spiro atoms. The zero-order valence-corrected chi connectivity index (χ0v) is 13.2. The first-order chi connectivity index (χ1) is 10.9. The summed E-state index contributed by atoms with van der Waals surface area (Å²) in [5.74, 6) is -1.57. The molecule has 2 rings (SSSR count). The van der Waals surface area contributed by atoms with Crippen molar-refractivity contribution in [2.75, 3.05) is 13.7 Å². The highest BCUT2D eigenvalue weighted by atomic mass is 16.5. The Bertz CT molecular complexity index is 707. The largest absolute Gasteiger partial charge is 0.479 e. The SMILES string of the molecule is COC(CNC(=O)c1cc(C)n(-c2ccc(C)cc2)n1)C(=O)O. The van der Waals surface area contributed by atoms with Crippen LogP contribution in [0.5, 0.6) is 0 Å². The predicted molar refractivity (Wildman–Crippen MR) is 83.8 cm³/mol. The summed E-state index contributed by atoms with van der Waals surface area (Å²) >= 11 is 0. The molecular formula is C16H19N3O4. The molecule has 1 heterocycles. The summed E-state index contributed by atoms with van der Waals surface area (Å²) < 4.78 is 6.43. The molecule has 1 aromatic heterocycles. The van der Waals surface area contributed by atoms with Crippen molar-refractivity contribution in [3.63, 3.8) is 0 Å². The number of methoxy groups -OCH3 is 1. The van der Waals surface area contributed by atoms with Crippen LogP contribution in [0.1, 0.15) is 21.7 Å². The summed E-state index contributed by atoms with van der Waals surface area (Å²) in [4.78, 5) is 23.0. The van der Waals surface area contributed by atoms with Crippen LogP contribution in [0.3, 0.4) is 0 Å². The zero-order valence-electron chi connectivity index (χ0n) is 13.2. The van der Waals surface area contributed by atoms with E-state index in [1.165, 1.54) is 7.11 Å². The highest BCUT2D eigenvalue weighted by molar-refractivity contribution is 5.92. The molecular weight excluding hydrogens is 298 g/mol. The normalized spacial score (nSPS) is 12.0. The molecule has 7 heteroatoms. The van der Waals surface area contributed by atoms with Gasteiger partial charge in [-0.3, -0.25) is 4.79 Å². The first kappa shape index (κ1) is 16.7. The van der Waals surface area contributed by atoms with Crippen molar-refractivity contribution in [2.24, 2.45) is 0 Å². The van der Waals surface area contributed by atoms with Crippen molar-refractivity contribution < 1.29 is 19.4 Å². The van der Waals surface area contributed by atoms with Gasteiger partial charge in [-0.25, -0.2) is 9.48 Å². The van der Waals surface area contributed by atoms with Gasteiger partial charge < -0.3 is 15.2 Å². The number of aryl methyl sites for hydroxylation is 2. The van der Waals surface area contributed by atoms with Crippen LogP contribution in [0, 0.1) is 13.8 Å². The number of carbonyl (C=O) groups excluding carboxylic acids is 1. The van der Waals surface area contributed by atoms with E-state index in [9.17, 15) is 9.59 Å². The summed E-state index contributed by atoms with van der Waals surface area (Å²) in [6.07, 6.45) is -1.08. The van der Waals surface area contributed by atoms with E-state index >= 15 is 0 Å². The fourth-order valence-electron chi connectivity index (χ4n) is 2.08. The molecule has 0 bridgehead atoms. The molecule has 7 nitrogen and oxygen atoms in total. The zero-order chi connectivity index (χ0) is 17.0. The monoisotopic (exact) mass is 317 g/mol. The van der Waals surface area contributed by atoms with Gasteiger partial charge in [-0.1, -0.05) is 17.7 Å². The van der Waals surface area contributed by atoms with Crippen molar-refractivity contribution >= 4 is 11.9 Å². The molecule has 23 heavy (non-hydrogen) atoms. The summed E-state index contributed by atoms with van der Waals surface area (Å²) in [6.45, 7) is 3.72. The fraction of sp³-hybridized carbons (Fsp3) is 0.312. The average Bonchev–Trinajstić information content (AvgIpc) is 2.90. The second-order valence-electron chi connectivity index (χ2n) is 5.19. The van der Waals surface area contributed by atoms with Gasteiger partial charge in [-0.15, -0.1) is 0 Å². The van der Waals surface area contributed by atoms with Crippen LogP contribution < -0.4 is 5.32 Å². The van der Waals surface area contributed by atoms with Crippen LogP contribution in [0.4, 0.5) is 0 Å². The number of aliphatic carboxylic acids is 1. The van der Waals surface area contributed by atoms with Crippen molar-refractivity contribution in [1.29, 1.82) is 0 Å². The number of carboxylic acids is 1. The van der Waals surface area contributed by atoms with Crippen molar-refractivity contribution in [3.05, 3.63) is 47.3 Å². The Morgan fingerprint density at radius 1 is 1.30 bits per heavy atom. The Balaban J connectivity index is 2.12. The molecule has 1 amide bonds. The number of carboxylic acid groups (broad SMARTS) is 1. The van der Waals surface area contributed by atoms with Gasteiger partial charge in [-0.05, 0) is 32.0 Å². The van der Waals surface area contributed by atoms with Gasteiger partial charge in [0, 0.05) is 12.8 Å². The Hall–Kier alpha value is -2.67. The second-order valence-corrected chi connectivity index (χ2v) is 5.19. The van der Waals surface area contributed by atoms with Gasteiger partial charge in [0.15, 0.2) is 11.8 Å². The smallest absolute Gasteiger partial charge is 0.334 e. The number of ether oxygens (including phenoxy) is 1. The summed E-state index contributed by atoms with van der Waals surface area (Å²) in [7, 11) is 1.28. The van der Waals surface area contributed by atoms with Crippen LogP contribution in [0.25, 0.3) is 5.69 Å². The maximum absolute atomic E-state index is 12.1. The van der Waals surface area contributed by atoms with Crippen LogP contribution in [0.2, 0.25) is 0 Å². The van der Waals surface area contributed by atoms with Crippen LogP contribution in [-0.2, 0) is 9.53 Å². The lowest BCUT2D eigenvalue weighted by atomic mass is 10.2. The van der Waals surface area contributed by atoms with Crippen molar-refractivity contribution in [2.45, 2.75) is 20.0 Å². The molecule has 2 N–H and O–H groups in total. The van der Waals surface area contributed by atoms with E-state index in [1.807, 2.05) is 38.1 Å². The Morgan fingerprint density at radius 2 is 1.96 bits per heavy atom. The number of carbonyl (C=O) groups is 2. The van der Waals surface area contributed by atoms with Gasteiger partial charge in [-0.2, -0.15) is 5.10 Å². The van der Waals surface area contributed by atoms with Gasteiger partial charge in [0.05, 0.1) is 12.2 Å². The second kappa shape index (κ2) is 7.06. The minimum atomic E-state index is -1.13. The van der Waals surface area contributed by atoms with E-state index in [-0.39, 0.29) is 12.2 Å². The third kappa shape index (κ3) is 3.95. The summed E-state index contributed by atoms with van der Waals surface area (Å²) in [5.41, 5.74) is 3.02. The lowest BCUT2D eigenvalue weighted by Gasteiger charge is -2.10. The van der Waals surface area contributed by atoms with Crippen molar-refractivity contribution in [3.8, 4) is 5.69 Å².